The molecule has 0 saturated carbocycles. The number of ether oxygens (including phenoxy) is 1. The average molecular weight is 463 g/mol. The zero-order valence-corrected chi connectivity index (χ0v) is 17.3. The molecule has 8 heteroatoms. The second kappa shape index (κ2) is 7.89. The molecule has 30 heavy (non-hydrogen) atoms. The number of nitriles is 1. The number of aromatic nitrogens is 2. The Morgan fingerprint density at radius 1 is 1.17 bits per heavy atom. The highest BCUT2D eigenvalue weighted by molar-refractivity contribution is 9.10. The van der Waals surface area contributed by atoms with E-state index in [1.165, 1.54) is 10.7 Å². The highest BCUT2D eigenvalue weighted by Crippen LogP contribution is 2.35. The molecule has 0 spiro atoms. The first-order valence-corrected chi connectivity index (χ1v) is 9.72. The number of carbonyl (C=O) groups is 1. The molecule has 0 fully saturated rings. The molecule has 0 amide bonds. The summed E-state index contributed by atoms with van der Waals surface area (Å²) in [6, 6.07) is 18.8. The van der Waals surface area contributed by atoms with Crippen LogP contribution in [0.5, 0.6) is 11.5 Å². The Morgan fingerprint density at radius 2 is 1.83 bits per heavy atom. The summed E-state index contributed by atoms with van der Waals surface area (Å²) in [5.41, 5.74) is 2.63. The van der Waals surface area contributed by atoms with Gasteiger partial charge in [0.1, 0.15) is 22.2 Å². The van der Waals surface area contributed by atoms with Gasteiger partial charge in [0.2, 0.25) is 0 Å². The topological polar surface area (TPSA) is 99.6 Å². The molecule has 2 N–H and O–H groups in total. The Hall–Kier alpha value is -3.83. The summed E-state index contributed by atoms with van der Waals surface area (Å²) in [5, 5.41) is 26.5. The Kier molecular flexibility index (Phi) is 5.12. The molecule has 7 nitrogen and oxygen atoms in total. The van der Waals surface area contributed by atoms with Crippen LogP contribution < -0.4 is 10.1 Å². The number of halogens is 1. The summed E-state index contributed by atoms with van der Waals surface area (Å²) in [5.74, 6) is 0.328. The van der Waals surface area contributed by atoms with E-state index in [2.05, 4.69) is 32.4 Å². The van der Waals surface area contributed by atoms with Gasteiger partial charge in [-0.3, -0.25) is 0 Å². The molecule has 4 aromatic rings. The second-order valence-corrected chi connectivity index (χ2v) is 7.22. The molecule has 0 aliphatic heterocycles. The van der Waals surface area contributed by atoms with Gasteiger partial charge >= 0.3 is 5.97 Å². The molecule has 148 valence electrons. The fourth-order valence-corrected chi connectivity index (χ4v) is 3.92. The number of carboxylic acid groups (broad SMARTS) is 1. The van der Waals surface area contributed by atoms with Crippen LogP contribution in [0, 0.1) is 18.3 Å². The summed E-state index contributed by atoms with van der Waals surface area (Å²) < 4.78 is 7.59. The van der Waals surface area contributed by atoms with Crippen LogP contribution in [0.3, 0.4) is 0 Å². The highest BCUT2D eigenvalue weighted by Gasteiger charge is 2.23. The molecule has 2 heterocycles. The van der Waals surface area contributed by atoms with Gasteiger partial charge < -0.3 is 15.2 Å². The predicted octanol–water partition coefficient (Wildman–Crippen LogP) is 5.51. The average Bonchev–Trinajstić information content (AvgIpc) is 3.01. The van der Waals surface area contributed by atoms with E-state index in [4.69, 9.17) is 4.74 Å². The molecule has 0 unspecified atom stereocenters. The normalized spacial score (nSPS) is 10.6. The lowest BCUT2D eigenvalue weighted by Crippen LogP contribution is -2.01. The Morgan fingerprint density at radius 3 is 2.47 bits per heavy atom. The molecule has 0 radical (unpaired) electrons. The number of benzene rings is 2. The van der Waals surface area contributed by atoms with Crippen LogP contribution in [-0.4, -0.2) is 20.7 Å². The number of rotatable bonds is 5. The molecule has 2 aromatic heterocycles. The fraction of sp³-hybridized carbons (Fsp3) is 0.0455. The molecular weight excluding hydrogens is 448 g/mol. The van der Waals surface area contributed by atoms with E-state index in [9.17, 15) is 15.2 Å². The van der Waals surface area contributed by atoms with Crippen LogP contribution in [0.25, 0.3) is 5.52 Å². The number of aromatic carboxylic acids is 1. The number of para-hydroxylation sites is 1. The van der Waals surface area contributed by atoms with Gasteiger partial charge in [-0.1, -0.05) is 18.2 Å². The van der Waals surface area contributed by atoms with Gasteiger partial charge in [0.25, 0.3) is 0 Å². The van der Waals surface area contributed by atoms with Gasteiger partial charge in [-0.05, 0) is 64.8 Å². The number of nitrogens with one attached hydrogen (secondary N) is 1. The van der Waals surface area contributed by atoms with E-state index < -0.39 is 5.97 Å². The number of fused-ring (bicyclic) bond motifs is 1. The first-order valence-electron chi connectivity index (χ1n) is 8.92. The molecule has 0 aliphatic carbocycles. The summed E-state index contributed by atoms with van der Waals surface area (Å²) in [7, 11) is 0. The monoisotopic (exact) mass is 462 g/mol. The summed E-state index contributed by atoms with van der Waals surface area (Å²) in [4.78, 5) is 11.7. The van der Waals surface area contributed by atoms with Gasteiger partial charge in [-0.2, -0.15) is 10.4 Å². The number of hydrogen-bond donors (Lipinski definition) is 2. The van der Waals surface area contributed by atoms with E-state index in [1.54, 1.807) is 6.92 Å². The quantitative estimate of drug-likeness (QED) is 0.405. The molecule has 0 aliphatic rings. The van der Waals surface area contributed by atoms with Gasteiger partial charge in [-0.15, -0.1) is 0 Å². The molecule has 0 bridgehead atoms. The lowest BCUT2D eigenvalue weighted by molar-refractivity contribution is 0.0695. The number of nitrogens with zero attached hydrogens (tertiary/aromatic N) is 3. The Bertz CT molecular complexity index is 1290. The van der Waals surface area contributed by atoms with Gasteiger partial charge in [0.05, 0.1) is 28.5 Å². The van der Waals surface area contributed by atoms with Crippen LogP contribution in [0.4, 0.5) is 11.4 Å². The fourth-order valence-electron chi connectivity index (χ4n) is 3.18. The van der Waals surface area contributed by atoms with Crippen LogP contribution in [0.2, 0.25) is 0 Å². The van der Waals surface area contributed by atoms with E-state index >= 15 is 0 Å². The molecule has 0 atom stereocenters. The zero-order chi connectivity index (χ0) is 21.3. The summed E-state index contributed by atoms with van der Waals surface area (Å²) in [6.45, 7) is 1.69. The minimum atomic E-state index is -1.07. The standard InChI is InChI=1S/C22H15BrN4O3/c1-13-18(22(28)29)21(23)27-20(13)19(14(11-24)12-25-27)26-15-7-9-17(10-8-15)30-16-5-3-2-4-6-16/h2-10,12,26H,1H3,(H,28,29). The SMILES string of the molecule is Cc1c(C(=O)O)c(Br)n2ncc(C#N)c(Nc3ccc(Oc4ccccc4)cc3)c12. The van der Waals surface area contributed by atoms with Crippen molar-refractivity contribution < 1.29 is 14.6 Å². The van der Waals surface area contributed by atoms with E-state index in [0.29, 0.717) is 38.4 Å². The van der Waals surface area contributed by atoms with Crippen molar-refractivity contribution in [2.24, 2.45) is 0 Å². The number of hydrogen-bond acceptors (Lipinski definition) is 5. The third-order valence-electron chi connectivity index (χ3n) is 4.58. The van der Waals surface area contributed by atoms with Crippen molar-refractivity contribution in [3.8, 4) is 17.6 Å². The van der Waals surface area contributed by atoms with E-state index in [1.807, 2.05) is 54.6 Å². The third kappa shape index (κ3) is 3.47. The molecule has 4 rings (SSSR count). The van der Waals surface area contributed by atoms with Crippen LogP contribution in [0.1, 0.15) is 21.5 Å². The largest absolute Gasteiger partial charge is 0.478 e. The molecule has 2 aromatic carbocycles. The number of carboxylic acids is 1. The van der Waals surface area contributed by atoms with Crippen molar-refractivity contribution in [3.63, 3.8) is 0 Å². The second-order valence-electron chi connectivity index (χ2n) is 6.47. The van der Waals surface area contributed by atoms with Crippen molar-refractivity contribution in [3.05, 3.63) is 82.1 Å². The van der Waals surface area contributed by atoms with Crippen molar-refractivity contribution in [2.45, 2.75) is 6.92 Å². The lowest BCUT2D eigenvalue weighted by atomic mass is 10.1. The van der Waals surface area contributed by atoms with Crippen LogP contribution in [-0.2, 0) is 0 Å². The Balaban J connectivity index is 1.72. The summed E-state index contributed by atoms with van der Waals surface area (Å²) >= 11 is 3.30. The predicted molar refractivity (Wildman–Crippen MR) is 116 cm³/mol. The number of anilines is 2. The van der Waals surface area contributed by atoms with Crippen LogP contribution in [0.15, 0.2) is 65.4 Å². The van der Waals surface area contributed by atoms with E-state index in [-0.39, 0.29) is 5.56 Å². The third-order valence-corrected chi connectivity index (χ3v) is 5.31. The van der Waals surface area contributed by atoms with E-state index in [0.717, 1.165) is 5.75 Å². The first-order chi connectivity index (χ1) is 14.5. The van der Waals surface area contributed by atoms with Crippen molar-refractivity contribution in [2.75, 3.05) is 5.32 Å². The maximum atomic E-state index is 11.7. The van der Waals surface area contributed by atoms with Gasteiger partial charge in [0.15, 0.2) is 0 Å². The smallest absolute Gasteiger partial charge is 0.338 e. The Labute approximate surface area is 180 Å². The minimum absolute atomic E-state index is 0.104. The zero-order valence-electron chi connectivity index (χ0n) is 15.8. The highest BCUT2D eigenvalue weighted by atomic mass is 79.9. The lowest BCUT2D eigenvalue weighted by Gasteiger charge is -2.12. The number of aryl methyl sites for hydroxylation is 1. The van der Waals surface area contributed by atoms with Crippen molar-refractivity contribution in [1.82, 2.24) is 9.61 Å². The maximum Gasteiger partial charge on any atom is 0.338 e. The molecule has 0 saturated heterocycles. The maximum absolute atomic E-state index is 11.7. The molecular formula is C22H15BrN4O3. The van der Waals surface area contributed by atoms with Crippen LogP contribution >= 0.6 is 15.9 Å². The van der Waals surface area contributed by atoms with Crippen molar-refractivity contribution >= 4 is 38.8 Å². The van der Waals surface area contributed by atoms with Crippen molar-refractivity contribution in [1.29, 1.82) is 5.26 Å². The van der Waals surface area contributed by atoms with Gasteiger partial charge in [-0.25, -0.2) is 9.31 Å². The minimum Gasteiger partial charge on any atom is -0.478 e. The van der Waals surface area contributed by atoms with Gasteiger partial charge in [0, 0.05) is 5.69 Å². The summed E-state index contributed by atoms with van der Waals surface area (Å²) in [6.07, 6.45) is 1.40. The first kappa shape index (κ1) is 19.5.